The summed E-state index contributed by atoms with van der Waals surface area (Å²) in [6.45, 7) is 2.08. The quantitative estimate of drug-likeness (QED) is 0.604. The number of nitrogens with zero attached hydrogens (tertiary/aromatic N) is 1. The van der Waals surface area contributed by atoms with Gasteiger partial charge in [-0.25, -0.2) is 0 Å². The number of hydrogen-bond donors (Lipinski definition) is 0. The third-order valence-corrected chi connectivity index (χ3v) is 0.940. The summed E-state index contributed by atoms with van der Waals surface area (Å²) in [5.41, 5.74) is 1.32. The molecule has 70 valence electrons. The average molecular weight is 188 g/mol. The van der Waals surface area contributed by atoms with Gasteiger partial charge in [0, 0.05) is 0 Å². The van der Waals surface area contributed by atoms with Crippen molar-refractivity contribution >= 4 is 12.4 Å². The Hall–Kier alpha value is -0.530. The fraction of sp³-hybridized carbons (Fsp3) is 0.400. The van der Waals surface area contributed by atoms with Gasteiger partial charge in [-0.1, -0.05) is 35.9 Å². The van der Waals surface area contributed by atoms with Crippen LogP contribution in [0.5, 0.6) is 0 Å². The van der Waals surface area contributed by atoms with Crippen molar-refractivity contribution in [2.75, 3.05) is 21.1 Å². The zero-order valence-electron chi connectivity index (χ0n) is 8.24. The molecule has 0 atom stereocenters. The van der Waals surface area contributed by atoms with Crippen LogP contribution in [-0.4, -0.2) is 26.0 Å². The van der Waals surface area contributed by atoms with Crippen molar-refractivity contribution in [3.8, 4) is 0 Å². The first-order chi connectivity index (χ1) is 5.13. The molecule has 0 aliphatic rings. The molecule has 0 radical (unpaired) electrons. The van der Waals surface area contributed by atoms with Crippen LogP contribution >= 0.6 is 12.4 Å². The van der Waals surface area contributed by atoms with Gasteiger partial charge in [0.2, 0.25) is 0 Å². The van der Waals surface area contributed by atoms with E-state index in [-0.39, 0.29) is 12.4 Å². The van der Waals surface area contributed by atoms with Crippen LogP contribution in [0.25, 0.3) is 0 Å². The van der Waals surface area contributed by atoms with Gasteiger partial charge in [0.1, 0.15) is 0 Å². The van der Waals surface area contributed by atoms with Gasteiger partial charge in [-0.15, -0.1) is 12.4 Å². The van der Waals surface area contributed by atoms with Crippen LogP contribution in [0.3, 0.4) is 0 Å². The molecular weight excluding hydrogens is 170 g/mol. The monoisotopic (exact) mass is 187 g/mol. The molecule has 0 amide bonds. The maximum Gasteiger partial charge on any atom is -0.0140 e. The second-order valence-electron chi connectivity index (χ2n) is 3.00. The lowest BCUT2D eigenvalue weighted by atomic mass is 10.2. The Bertz CT molecular complexity index is 170. The lowest BCUT2D eigenvalue weighted by Gasteiger charge is -1.90. The number of aryl methyl sites for hydroxylation is 1. The summed E-state index contributed by atoms with van der Waals surface area (Å²) in [6.07, 6.45) is 0. The summed E-state index contributed by atoms with van der Waals surface area (Å²) >= 11 is 0. The van der Waals surface area contributed by atoms with Crippen LogP contribution in [-0.2, 0) is 0 Å². The third kappa shape index (κ3) is 12.2. The molecule has 0 bridgehead atoms. The van der Waals surface area contributed by atoms with Crippen LogP contribution < -0.4 is 0 Å². The standard InChI is InChI=1S/C7H8.C3H9N.ClH/c1-7-5-3-2-4-6-7;1-4(2)3;/h2-6H,1H3;1-3H3;1H. The van der Waals surface area contributed by atoms with E-state index < -0.39 is 0 Å². The normalized spacial score (nSPS) is 8.08. The van der Waals surface area contributed by atoms with Crippen LogP contribution in [0.4, 0.5) is 0 Å². The second kappa shape index (κ2) is 8.57. The molecule has 2 heteroatoms. The molecule has 0 heterocycles. The van der Waals surface area contributed by atoms with E-state index in [4.69, 9.17) is 0 Å². The van der Waals surface area contributed by atoms with Crippen molar-refractivity contribution in [2.45, 2.75) is 6.92 Å². The maximum absolute atomic E-state index is 2.08. The topological polar surface area (TPSA) is 3.24 Å². The van der Waals surface area contributed by atoms with E-state index in [9.17, 15) is 0 Å². The van der Waals surface area contributed by atoms with Gasteiger partial charge in [-0.3, -0.25) is 0 Å². The minimum atomic E-state index is 0. The van der Waals surface area contributed by atoms with Gasteiger partial charge < -0.3 is 4.90 Å². The molecule has 1 nitrogen and oxygen atoms in total. The predicted molar refractivity (Wildman–Crippen MR) is 58.0 cm³/mol. The third-order valence-electron chi connectivity index (χ3n) is 0.940. The Labute approximate surface area is 81.8 Å². The Morgan fingerprint density at radius 1 is 0.917 bits per heavy atom. The minimum Gasteiger partial charge on any atom is -0.312 e. The Morgan fingerprint density at radius 3 is 1.42 bits per heavy atom. The van der Waals surface area contributed by atoms with Gasteiger partial charge >= 0.3 is 0 Å². The summed E-state index contributed by atoms with van der Waals surface area (Å²) in [5, 5.41) is 0. The molecule has 0 aliphatic carbocycles. The van der Waals surface area contributed by atoms with Crippen LogP contribution in [0, 0.1) is 6.92 Å². The summed E-state index contributed by atoms with van der Waals surface area (Å²) in [7, 11) is 6.00. The molecule has 0 aliphatic heterocycles. The van der Waals surface area contributed by atoms with Crippen molar-refractivity contribution in [2.24, 2.45) is 0 Å². The zero-order valence-corrected chi connectivity index (χ0v) is 9.06. The number of rotatable bonds is 0. The summed E-state index contributed by atoms with van der Waals surface area (Å²) in [6, 6.07) is 10.3. The van der Waals surface area contributed by atoms with E-state index in [0.29, 0.717) is 0 Å². The fourth-order valence-electron chi connectivity index (χ4n) is 0.534. The molecule has 0 saturated heterocycles. The number of halogens is 1. The lowest BCUT2D eigenvalue weighted by molar-refractivity contribution is 0.505. The van der Waals surface area contributed by atoms with Crippen molar-refractivity contribution in [1.29, 1.82) is 0 Å². The van der Waals surface area contributed by atoms with Gasteiger partial charge in [0.25, 0.3) is 0 Å². The summed E-state index contributed by atoms with van der Waals surface area (Å²) < 4.78 is 0. The van der Waals surface area contributed by atoms with E-state index in [2.05, 4.69) is 19.1 Å². The molecule has 0 spiro atoms. The first-order valence-electron chi connectivity index (χ1n) is 3.75. The van der Waals surface area contributed by atoms with E-state index in [0.717, 1.165) is 0 Å². The van der Waals surface area contributed by atoms with Crippen molar-refractivity contribution < 1.29 is 0 Å². The highest BCUT2D eigenvalue weighted by Gasteiger charge is 1.72. The Balaban J connectivity index is 0. The summed E-state index contributed by atoms with van der Waals surface area (Å²) in [5.74, 6) is 0. The van der Waals surface area contributed by atoms with E-state index in [1.165, 1.54) is 5.56 Å². The molecule has 0 N–H and O–H groups in total. The molecule has 1 aromatic rings. The van der Waals surface area contributed by atoms with Crippen molar-refractivity contribution in [1.82, 2.24) is 4.90 Å². The average Bonchev–Trinajstić information content (AvgIpc) is 1.87. The van der Waals surface area contributed by atoms with Crippen molar-refractivity contribution in [3.63, 3.8) is 0 Å². The first-order valence-corrected chi connectivity index (χ1v) is 3.75. The first kappa shape index (κ1) is 14.0. The Kier molecular flexibility index (Phi) is 10.0. The molecule has 1 aromatic carbocycles. The molecule has 0 unspecified atom stereocenters. The summed E-state index contributed by atoms with van der Waals surface area (Å²) in [4.78, 5) is 2.00. The van der Waals surface area contributed by atoms with E-state index >= 15 is 0 Å². The number of benzene rings is 1. The zero-order chi connectivity index (χ0) is 8.69. The largest absolute Gasteiger partial charge is 0.312 e. The highest BCUT2D eigenvalue weighted by atomic mass is 35.5. The van der Waals surface area contributed by atoms with E-state index in [1.54, 1.807) is 0 Å². The Morgan fingerprint density at radius 2 is 1.25 bits per heavy atom. The van der Waals surface area contributed by atoms with E-state index in [1.807, 2.05) is 44.2 Å². The van der Waals surface area contributed by atoms with Crippen molar-refractivity contribution in [3.05, 3.63) is 35.9 Å². The molecule has 0 fully saturated rings. The molecule has 0 saturated carbocycles. The van der Waals surface area contributed by atoms with Gasteiger partial charge in [0.15, 0.2) is 0 Å². The highest BCUT2D eigenvalue weighted by Crippen LogP contribution is 1.92. The second-order valence-corrected chi connectivity index (χ2v) is 3.00. The predicted octanol–water partition coefficient (Wildman–Crippen LogP) is 2.59. The number of hydrogen-bond acceptors (Lipinski definition) is 1. The molecular formula is C10H18ClN. The molecule has 12 heavy (non-hydrogen) atoms. The van der Waals surface area contributed by atoms with Crippen LogP contribution in [0.2, 0.25) is 0 Å². The van der Waals surface area contributed by atoms with Gasteiger partial charge in [0.05, 0.1) is 0 Å². The van der Waals surface area contributed by atoms with Crippen LogP contribution in [0.1, 0.15) is 5.56 Å². The maximum atomic E-state index is 2.08. The fourth-order valence-corrected chi connectivity index (χ4v) is 0.534. The molecule has 1 rings (SSSR count). The molecule has 0 aromatic heterocycles. The van der Waals surface area contributed by atoms with Crippen LogP contribution in [0.15, 0.2) is 30.3 Å². The SMILES string of the molecule is CN(C)C.Cc1ccccc1.Cl. The lowest BCUT2D eigenvalue weighted by Crippen LogP contribution is -1.99. The van der Waals surface area contributed by atoms with Gasteiger partial charge in [-0.2, -0.15) is 0 Å². The minimum absolute atomic E-state index is 0. The smallest absolute Gasteiger partial charge is 0.0140 e. The highest BCUT2D eigenvalue weighted by molar-refractivity contribution is 5.85. The van der Waals surface area contributed by atoms with Gasteiger partial charge in [-0.05, 0) is 28.1 Å².